The second-order valence-corrected chi connectivity index (χ2v) is 4.93. The van der Waals surface area contributed by atoms with E-state index in [1.54, 1.807) is 6.92 Å². The second kappa shape index (κ2) is 6.87. The molecule has 5 nitrogen and oxygen atoms in total. The highest BCUT2D eigenvalue weighted by molar-refractivity contribution is 5.95. The summed E-state index contributed by atoms with van der Waals surface area (Å²) in [4.78, 5) is 22.8. The molecule has 0 fully saturated rings. The van der Waals surface area contributed by atoms with Crippen molar-refractivity contribution in [3.8, 4) is 0 Å². The number of nitrogens with one attached hydrogen (secondary N) is 2. The van der Waals surface area contributed by atoms with Crippen LogP contribution in [0.15, 0.2) is 42.5 Å². The van der Waals surface area contributed by atoms with Crippen molar-refractivity contribution in [3.63, 3.8) is 0 Å². The van der Waals surface area contributed by atoms with Crippen LogP contribution >= 0.6 is 0 Å². The number of nitrogens with two attached hydrogens (primary N) is 1. The Labute approximate surface area is 131 Å². The Morgan fingerprint density at radius 2 is 1.74 bits per heavy atom. The van der Waals surface area contributed by atoms with E-state index >= 15 is 0 Å². The van der Waals surface area contributed by atoms with Gasteiger partial charge in [0.05, 0.1) is 6.04 Å². The Bertz CT molecular complexity index is 733. The van der Waals surface area contributed by atoms with E-state index in [0.717, 1.165) is 12.1 Å². The first-order chi connectivity index (χ1) is 10.9. The molecule has 2 aromatic carbocycles. The maximum absolute atomic E-state index is 13.7. The number of anilines is 1. The van der Waals surface area contributed by atoms with E-state index in [1.807, 2.05) is 0 Å². The zero-order chi connectivity index (χ0) is 17.0. The van der Waals surface area contributed by atoms with Gasteiger partial charge in [0.2, 0.25) is 0 Å². The van der Waals surface area contributed by atoms with Gasteiger partial charge in [-0.1, -0.05) is 6.07 Å². The predicted molar refractivity (Wildman–Crippen MR) is 81.9 cm³/mol. The number of benzene rings is 2. The summed E-state index contributed by atoms with van der Waals surface area (Å²) in [7, 11) is 0. The molecule has 0 bridgehead atoms. The molecule has 4 N–H and O–H groups in total. The van der Waals surface area contributed by atoms with Crippen LogP contribution in [0.1, 0.15) is 28.9 Å². The number of amides is 3. The largest absolute Gasteiger partial charge is 0.351 e. The minimum absolute atomic E-state index is 0.187. The van der Waals surface area contributed by atoms with Crippen LogP contribution in [0.3, 0.4) is 0 Å². The van der Waals surface area contributed by atoms with Crippen LogP contribution in [-0.2, 0) is 0 Å². The van der Waals surface area contributed by atoms with Crippen molar-refractivity contribution in [2.45, 2.75) is 13.0 Å². The van der Waals surface area contributed by atoms with E-state index in [-0.39, 0.29) is 5.56 Å². The highest BCUT2D eigenvalue weighted by Gasteiger charge is 2.15. The third kappa shape index (κ3) is 4.26. The number of urea groups is 1. The van der Waals surface area contributed by atoms with Gasteiger partial charge in [-0.3, -0.25) is 4.79 Å². The average Bonchev–Trinajstić information content (AvgIpc) is 2.47. The standard InChI is InChI=1S/C16H15F2N3O2/c1-9(13-7-4-11(17)8-14(13)18)20-15(22)10-2-5-12(6-3-10)21-16(19)23/h2-9H,1H3,(H,20,22)(H3,19,21,23). The molecule has 0 heterocycles. The monoisotopic (exact) mass is 319 g/mol. The molecule has 120 valence electrons. The lowest BCUT2D eigenvalue weighted by Gasteiger charge is -2.15. The third-order valence-corrected chi connectivity index (χ3v) is 3.19. The molecule has 0 aliphatic rings. The number of halogens is 2. The van der Waals surface area contributed by atoms with Gasteiger partial charge in [0.15, 0.2) is 0 Å². The maximum Gasteiger partial charge on any atom is 0.316 e. The summed E-state index contributed by atoms with van der Waals surface area (Å²) in [5.41, 5.74) is 5.95. The highest BCUT2D eigenvalue weighted by Crippen LogP contribution is 2.18. The Hall–Kier alpha value is -2.96. The zero-order valence-corrected chi connectivity index (χ0v) is 12.3. The van der Waals surface area contributed by atoms with Gasteiger partial charge in [-0.05, 0) is 37.3 Å². The molecule has 0 aliphatic carbocycles. The molecule has 0 aliphatic heterocycles. The molecule has 0 spiro atoms. The van der Waals surface area contributed by atoms with E-state index in [4.69, 9.17) is 5.73 Å². The van der Waals surface area contributed by atoms with Crippen LogP contribution in [0.5, 0.6) is 0 Å². The minimum Gasteiger partial charge on any atom is -0.351 e. The molecule has 0 saturated heterocycles. The number of carbonyl (C=O) groups is 2. The Morgan fingerprint density at radius 3 is 2.30 bits per heavy atom. The number of hydrogen-bond donors (Lipinski definition) is 3. The number of rotatable bonds is 4. The van der Waals surface area contributed by atoms with E-state index in [2.05, 4.69) is 10.6 Å². The molecule has 7 heteroatoms. The van der Waals surface area contributed by atoms with Crippen molar-refractivity contribution in [3.05, 3.63) is 65.2 Å². The van der Waals surface area contributed by atoms with E-state index in [0.29, 0.717) is 11.3 Å². The van der Waals surface area contributed by atoms with Gasteiger partial charge >= 0.3 is 6.03 Å². The molecule has 0 aromatic heterocycles. The van der Waals surface area contributed by atoms with Crippen LogP contribution in [0, 0.1) is 11.6 Å². The first-order valence-electron chi connectivity index (χ1n) is 6.79. The maximum atomic E-state index is 13.7. The topological polar surface area (TPSA) is 84.2 Å². The molecule has 2 rings (SSSR count). The summed E-state index contributed by atoms with van der Waals surface area (Å²) in [5.74, 6) is -1.83. The molecular weight excluding hydrogens is 304 g/mol. The average molecular weight is 319 g/mol. The van der Waals surface area contributed by atoms with Gasteiger partial charge < -0.3 is 16.4 Å². The van der Waals surface area contributed by atoms with Crippen LogP contribution in [0.2, 0.25) is 0 Å². The van der Waals surface area contributed by atoms with E-state index in [1.165, 1.54) is 30.3 Å². The first kappa shape index (κ1) is 16.4. The lowest BCUT2D eigenvalue weighted by Crippen LogP contribution is -2.27. The predicted octanol–water partition coefficient (Wildman–Crippen LogP) is 2.95. The van der Waals surface area contributed by atoms with Crippen LogP contribution in [0.25, 0.3) is 0 Å². The summed E-state index contributed by atoms with van der Waals surface area (Å²) in [6.45, 7) is 1.59. The zero-order valence-electron chi connectivity index (χ0n) is 12.3. The van der Waals surface area contributed by atoms with Crippen molar-refractivity contribution < 1.29 is 18.4 Å². The minimum atomic E-state index is -0.723. The molecule has 3 amide bonds. The van der Waals surface area contributed by atoms with Crippen molar-refractivity contribution in [2.24, 2.45) is 5.73 Å². The summed E-state index contributed by atoms with van der Waals surface area (Å²) in [5, 5.41) is 4.99. The van der Waals surface area contributed by atoms with Crippen molar-refractivity contribution in [2.75, 3.05) is 5.32 Å². The highest BCUT2D eigenvalue weighted by atomic mass is 19.1. The number of primary amides is 1. The summed E-state index contributed by atoms with van der Waals surface area (Å²) < 4.78 is 26.6. The normalized spacial score (nSPS) is 11.6. The lowest BCUT2D eigenvalue weighted by molar-refractivity contribution is 0.0939. The fourth-order valence-corrected chi connectivity index (χ4v) is 2.06. The molecule has 2 aromatic rings. The first-order valence-corrected chi connectivity index (χ1v) is 6.79. The SMILES string of the molecule is CC(NC(=O)c1ccc(NC(N)=O)cc1)c1ccc(F)cc1F. The quantitative estimate of drug-likeness (QED) is 0.809. The molecule has 0 radical (unpaired) electrons. The Balaban J connectivity index is 2.07. The van der Waals surface area contributed by atoms with Gasteiger partial charge in [-0.15, -0.1) is 0 Å². The third-order valence-electron chi connectivity index (χ3n) is 3.19. The van der Waals surface area contributed by atoms with Gasteiger partial charge in [-0.2, -0.15) is 0 Å². The Kier molecular flexibility index (Phi) is 4.90. The smallest absolute Gasteiger partial charge is 0.316 e. The van der Waals surface area contributed by atoms with Crippen LogP contribution in [0.4, 0.5) is 19.3 Å². The molecule has 1 unspecified atom stereocenters. The summed E-state index contributed by atoms with van der Waals surface area (Å²) >= 11 is 0. The summed E-state index contributed by atoms with van der Waals surface area (Å²) in [6, 6.07) is 7.87. The van der Waals surface area contributed by atoms with Crippen LogP contribution < -0.4 is 16.4 Å². The van der Waals surface area contributed by atoms with Crippen molar-refractivity contribution in [1.29, 1.82) is 0 Å². The number of carbonyl (C=O) groups excluding carboxylic acids is 2. The van der Waals surface area contributed by atoms with Crippen LogP contribution in [-0.4, -0.2) is 11.9 Å². The van der Waals surface area contributed by atoms with Gasteiger partial charge in [-0.25, -0.2) is 13.6 Å². The van der Waals surface area contributed by atoms with Gasteiger partial charge in [0.1, 0.15) is 11.6 Å². The number of hydrogen-bond acceptors (Lipinski definition) is 2. The molecule has 23 heavy (non-hydrogen) atoms. The summed E-state index contributed by atoms with van der Waals surface area (Å²) in [6.07, 6.45) is 0. The lowest BCUT2D eigenvalue weighted by atomic mass is 10.1. The van der Waals surface area contributed by atoms with Gasteiger partial charge in [0, 0.05) is 22.9 Å². The van der Waals surface area contributed by atoms with Crippen molar-refractivity contribution >= 4 is 17.6 Å². The molecule has 0 saturated carbocycles. The Morgan fingerprint density at radius 1 is 1.09 bits per heavy atom. The fourth-order valence-electron chi connectivity index (χ4n) is 2.06. The molecule has 1 atom stereocenters. The molecular formula is C16H15F2N3O2. The fraction of sp³-hybridized carbons (Fsp3) is 0.125. The van der Waals surface area contributed by atoms with E-state index in [9.17, 15) is 18.4 Å². The van der Waals surface area contributed by atoms with Gasteiger partial charge in [0.25, 0.3) is 5.91 Å². The second-order valence-electron chi connectivity index (χ2n) is 4.93. The van der Waals surface area contributed by atoms with Crippen molar-refractivity contribution in [1.82, 2.24) is 5.32 Å². The van der Waals surface area contributed by atoms with E-state index < -0.39 is 29.6 Å².